The highest BCUT2D eigenvalue weighted by atomic mass is 15.2. The van der Waals surface area contributed by atoms with Crippen molar-refractivity contribution in [1.82, 2.24) is 14.8 Å². The Morgan fingerprint density at radius 3 is 2.76 bits per heavy atom. The van der Waals surface area contributed by atoms with E-state index in [9.17, 15) is 0 Å². The van der Waals surface area contributed by atoms with E-state index in [1.807, 2.05) is 25.4 Å². The number of rotatable bonds is 4. The van der Waals surface area contributed by atoms with Crippen LogP contribution in [0.15, 0.2) is 24.4 Å². The van der Waals surface area contributed by atoms with Gasteiger partial charge in [0.25, 0.3) is 0 Å². The van der Waals surface area contributed by atoms with Gasteiger partial charge in [-0.05, 0) is 18.2 Å². The van der Waals surface area contributed by atoms with Gasteiger partial charge in [-0.2, -0.15) is 5.10 Å². The third-order valence-electron chi connectivity index (χ3n) is 2.41. The molecule has 0 aliphatic heterocycles. The molecule has 6 nitrogen and oxygen atoms in total. The fourth-order valence-corrected chi connectivity index (χ4v) is 1.50. The molecule has 90 valence electrons. The molecule has 0 aliphatic rings. The molecule has 2 aromatic rings. The van der Waals surface area contributed by atoms with Crippen LogP contribution < -0.4 is 16.8 Å². The first kappa shape index (κ1) is 11.3. The Morgan fingerprint density at radius 2 is 2.12 bits per heavy atom. The minimum absolute atomic E-state index is 0.354. The summed E-state index contributed by atoms with van der Waals surface area (Å²) in [5.74, 6) is 1.08. The summed E-state index contributed by atoms with van der Waals surface area (Å²) in [4.78, 5) is 4.13. The number of aryl methyl sites for hydroxylation is 1. The maximum atomic E-state index is 5.62. The van der Waals surface area contributed by atoms with Gasteiger partial charge < -0.3 is 16.8 Å². The molecule has 0 unspecified atom stereocenters. The quantitative estimate of drug-likeness (QED) is 0.719. The van der Waals surface area contributed by atoms with Gasteiger partial charge in [-0.25, -0.2) is 4.98 Å². The molecule has 2 aromatic heterocycles. The van der Waals surface area contributed by atoms with Crippen molar-refractivity contribution in [2.45, 2.75) is 6.42 Å². The number of aromatic nitrogens is 3. The van der Waals surface area contributed by atoms with Crippen molar-refractivity contribution < 1.29 is 0 Å². The van der Waals surface area contributed by atoms with E-state index in [1.54, 1.807) is 10.7 Å². The molecule has 5 N–H and O–H groups in total. The normalized spacial score (nSPS) is 10.4. The fraction of sp³-hybridized carbons (Fsp3) is 0.273. The smallest absolute Gasteiger partial charge is 0.149 e. The van der Waals surface area contributed by atoms with Crippen LogP contribution in [0.1, 0.15) is 5.69 Å². The molecule has 0 aromatic carbocycles. The molecule has 2 rings (SSSR count). The van der Waals surface area contributed by atoms with Crippen LogP contribution in [0.5, 0.6) is 0 Å². The standard InChI is InChI=1S/C11H16N6/c1-17-7-5-8(16-17)4-6-14-10-3-2-9(12)11(13)15-10/h2-3,5,7H,4,6,12H2,1H3,(H3,13,14,15). The number of hydrogen-bond donors (Lipinski definition) is 3. The molecular formula is C11H16N6. The van der Waals surface area contributed by atoms with Crippen LogP contribution in [-0.2, 0) is 13.5 Å². The summed E-state index contributed by atoms with van der Waals surface area (Å²) in [6.45, 7) is 0.757. The van der Waals surface area contributed by atoms with Gasteiger partial charge in [0.2, 0.25) is 0 Å². The first-order valence-electron chi connectivity index (χ1n) is 5.39. The van der Waals surface area contributed by atoms with Gasteiger partial charge in [-0.1, -0.05) is 0 Å². The van der Waals surface area contributed by atoms with Gasteiger partial charge in [0, 0.05) is 26.2 Å². The van der Waals surface area contributed by atoms with Crippen LogP contribution in [0, 0.1) is 0 Å². The Labute approximate surface area is 99.6 Å². The maximum absolute atomic E-state index is 5.62. The van der Waals surface area contributed by atoms with Crippen molar-refractivity contribution in [3.63, 3.8) is 0 Å². The zero-order valence-electron chi connectivity index (χ0n) is 9.72. The molecular weight excluding hydrogens is 216 g/mol. The second-order valence-electron chi connectivity index (χ2n) is 3.83. The highest BCUT2D eigenvalue weighted by Gasteiger charge is 2.00. The van der Waals surface area contributed by atoms with Crippen LogP contribution in [-0.4, -0.2) is 21.3 Å². The van der Waals surface area contributed by atoms with E-state index in [-0.39, 0.29) is 0 Å². The Kier molecular flexibility index (Phi) is 3.13. The average Bonchev–Trinajstić information content (AvgIpc) is 2.70. The van der Waals surface area contributed by atoms with Crippen molar-refractivity contribution in [3.05, 3.63) is 30.1 Å². The molecule has 17 heavy (non-hydrogen) atoms. The Balaban J connectivity index is 1.87. The van der Waals surface area contributed by atoms with Gasteiger partial charge in [0.1, 0.15) is 11.6 Å². The fourth-order valence-electron chi connectivity index (χ4n) is 1.50. The lowest BCUT2D eigenvalue weighted by Gasteiger charge is -2.06. The van der Waals surface area contributed by atoms with Gasteiger partial charge in [-0.3, -0.25) is 4.68 Å². The zero-order valence-corrected chi connectivity index (χ0v) is 9.72. The lowest BCUT2D eigenvalue weighted by Crippen LogP contribution is -2.08. The van der Waals surface area contributed by atoms with E-state index in [0.717, 1.165) is 24.5 Å². The molecule has 2 heterocycles. The highest BCUT2D eigenvalue weighted by molar-refractivity contribution is 5.61. The number of nitrogens with two attached hydrogens (primary N) is 2. The molecule has 0 radical (unpaired) electrons. The molecule has 0 bridgehead atoms. The van der Waals surface area contributed by atoms with Gasteiger partial charge >= 0.3 is 0 Å². The Hall–Kier alpha value is -2.24. The molecule has 0 atom stereocenters. The number of nitrogens with zero attached hydrogens (tertiary/aromatic N) is 3. The van der Waals surface area contributed by atoms with Crippen LogP contribution in [0.4, 0.5) is 17.3 Å². The van der Waals surface area contributed by atoms with Crippen molar-refractivity contribution >= 4 is 17.3 Å². The number of nitrogen functional groups attached to an aromatic ring is 2. The molecule has 6 heteroatoms. The topological polar surface area (TPSA) is 94.8 Å². The zero-order chi connectivity index (χ0) is 12.3. The molecule has 0 fully saturated rings. The summed E-state index contributed by atoms with van der Waals surface area (Å²) in [5.41, 5.74) is 12.7. The molecule has 0 saturated carbocycles. The number of anilines is 3. The Morgan fingerprint density at radius 1 is 1.29 bits per heavy atom. The minimum Gasteiger partial charge on any atom is -0.396 e. The van der Waals surface area contributed by atoms with Crippen LogP contribution in [0.3, 0.4) is 0 Å². The predicted molar refractivity (Wildman–Crippen MR) is 68.5 cm³/mol. The van der Waals surface area contributed by atoms with E-state index in [4.69, 9.17) is 11.5 Å². The lowest BCUT2D eigenvalue weighted by atomic mass is 10.3. The summed E-state index contributed by atoms with van der Waals surface area (Å²) in [5, 5.41) is 7.46. The molecule has 0 saturated heterocycles. The lowest BCUT2D eigenvalue weighted by molar-refractivity contribution is 0.742. The van der Waals surface area contributed by atoms with Crippen molar-refractivity contribution in [2.75, 3.05) is 23.3 Å². The third kappa shape index (κ3) is 2.87. The van der Waals surface area contributed by atoms with E-state index in [0.29, 0.717) is 11.5 Å². The van der Waals surface area contributed by atoms with Gasteiger partial charge in [-0.15, -0.1) is 0 Å². The first-order chi connectivity index (χ1) is 8.15. The monoisotopic (exact) mass is 232 g/mol. The van der Waals surface area contributed by atoms with Gasteiger partial charge in [0.05, 0.1) is 11.4 Å². The van der Waals surface area contributed by atoms with Crippen LogP contribution >= 0.6 is 0 Å². The van der Waals surface area contributed by atoms with Gasteiger partial charge in [0.15, 0.2) is 0 Å². The SMILES string of the molecule is Cn1ccc(CCNc2ccc(N)c(N)n2)n1. The summed E-state index contributed by atoms with van der Waals surface area (Å²) >= 11 is 0. The number of nitrogens with one attached hydrogen (secondary N) is 1. The largest absolute Gasteiger partial charge is 0.396 e. The number of hydrogen-bond acceptors (Lipinski definition) is 5. The average molecular weight is 232 g/mol. The first-order valence-corrected chi connectivity index (χ1v) is 5.39. The summed E-state index contributed by atoms with van der Waals surface area (Å²) in [6, 6.07) is 5.54. The second-order valence-corrected chi connectivity index (χ2v) is 3.83. The molecule has 0 aliphatic carbocycles. The third-order valence-corrected chi connectivity index (χ3v) is 2.41. The van der Waals surface area contributed by atoms with E-state index >= 15 is 0 Å². The second kappa shape index (κ2) is 4.73. The summed E-state index contributed by atoms with van der Waals surface area (Å²) < 4.78 is 1.79. The number of pyridine rings is 1. The van der Waals surface area contributed by atoms with E-state index < -0.39 is 0 Å². The van der Waals surface area contributed by atoms with Crippen LogP contribution in [0.2, 0.25) is 0 Å². The van der Waals surface area contributed by atoms with Crippen molar-refractivity contribution in [1.29, 1.82) is 0 Å². The predicted octanol–water partition coefficient (Wildman–Crippen LogP) is 0.634. The highest BCUT2D eigenvalue weighted by Crippen LogP contribution is 2.14. The molecule has 0 amide bonds. The maximum Gasteiger partial charge on any atom is 0.149 e. The van der Waals surface area contributed by atoms with E-state index in [2.05, 4.69) is 15.4 Å². The van der Waals surface area contributed by atoms with Crippen molar-refractivity contribution in [3.8, 4) is 0 Å². The van der Waals surface area contributed by atoms with Crippen LogP contribution in [0.25, 0.3) is 0 Å². The molecule has 0 spiro atoms. The van der Waals surface area contributed by atoms with Crippen molar-refractivity contribution in [2.24, 2.45) is 7.05 Å². The Bertz CT molecular complexity index is 504. The summed E-state index contributed by atoms with van der Waals surface area (Å²) in [6.07, 6.45) is 2.77. The summed E-state index contributed by atoms with van der Waals surface area (Å²) in [7, 11) is 1.90. The van der Waals surface area contributed by atoms with E-state index in [1.165, 1.54) is 0 Å². The minimum atomic E-state index is 0.354.